The van der Waals surface area contributed by atoms with Crippen LogP contribution in [0.1, 0.15) is 41.6 Å². The van der Waals surface area contributed by atoms with Crippen molar-refractivity contribution in [1.82, 2.24) is 5.32 Å². The predicted molar refractivity (Wildman–Crippen MR) is 88.4 cm³/mol. The molecule has 1 saturated carbocycles. The number of aryl methyl sites for hydroxylation is 1. The molecule has 5 heteroatoms. The van der Waals surface area contributed by atoms with E-state index in [2.05, 4.69) is 21.2 Å². The Bertz CT molecular complexity index is 467. The fourth-order valence-electron chi connectivity index (χ4n) is 2.81. The number of hydrogen-bond acceptors (Lipinski definition) is 2. The van der Waals surface area contributed by atoms with Crippen LogP contribution in [0.3, 0.4) is 0 Å². The first-order valence-corrected chi connectivity index (χ1v) is 7.68. The van der Waals surface area contributed by atoms with E-state index in [1.54, 1.807) is 0 Å². The van der Waals surface area contributed by atoms with Crippen LogP contribution in [0.25, 0.3) is 0 Å². The number of nitrogens with two attached hydrogens (primary N) is 1. The summed E-state index contributed by atoms with van der Waals surface area (Å²) in [5.74, 6) is 0.448. The molecule has 1 aliphatic rings. The van der Waals surface area contributed by atoms with Crippen LogP contribution in [0.2, 0.25) is 0 Å². The molecule has 0 heterocycles. The second-order valence-electron chi connectivity index (χ2n) is 5.32. The van der Waals surface area contributed by atoms with Crippen molar-refractivity contribution in [3.63, 3.8) is 0 Å². The largest absolute Gasteiger partial charge is 0.349 e. The Morgan fingerprint density at radius 3 is 2.75 bits per heavy atom. The third-order valence-electron chi connectivity index (χ3n) is 3.96. The van der Waals surface area contributed by atoms with E-state index in [0.717, 1.165) is 28.4 Å². The van der Waals surface area contributed by atoms with Crippen molar-refractivity contribution in [2.24, 2.45) is 11.7 Å². The number of amides is 1. The molecule has 112 valence electrons. The van der Waals surface area contributed by atoms with E-state index >= 15 is 0 Å². The summed E-state index contributed by atoms with van der Waals surface area (Å²) in [5.41, 5.74) is 7.55. The Hall–Kier alpha value is -0.580. The van der Waals surface area contributed by atoms with E-state index in [-0.39, 0.29) is 24.4 Å². The fraction of sp³-hybridized carbons (Fsp3) is 0.533. The summed E-state index contributed by atoms with van der Waals surface area (Å²) in [4.78, 5) is 12.3. The van der Waals surface area contributed by atoms with Crippen molar-refractivity contribution >= 4 is 34.2 Å². The van der Waals surface area contributed by atoms with Gasteiger partial charge in [-0.2, -0.15) is 0 Å². The molecule has 0 bridgehead atoms. The molecule has 3 N–H and O–H groups in total. The first-order chi connectivity index (χ1) is 9.11. The lowest BCUT2D eigenvalue weighted by Gasteiger charge is -2.31. The maximum atomic E-state index is 12.3. The molecule has 0 saturated heterocycles. The Morgan fingerprint density at radius 2 is 2.10 bits per heavy atom. The summed E-state index contributed by atoms with van der Waals surface area (Å²) in [6.45, 7) is 2.62. The molecular formula is C15H22BrClN2O. The van der Waals surface area contributed by atoms with Crippen LogP contribution in [0, 0.1) is 12.8 Å². The Kier molecular flexibility index (Phi) is 7.00. The van der Waals surface area contributed by atoms with Crippen LogP contribution in [0.15, 0.2) is 22.7 Å². The molecule has 20 heavy (non-hydrogen) atoms. The van der Waals surface area contributed by atoms with Gasteiger partial charge in [-0.3, -0.25) is 4.79 Å². The molecule has 0 radical (unpaired) electrons. The van der Waals surface area contributed by atoms with E-state index in [0.29, 0.717) is 12.5 Å². The zero-order valence-electron chi connectivity index (χ0n) is 11.7. The first kappa shape index (κ1) is 17.5. The molecule has 1 aromatic carbocycles. The van der Waals surface area contributed by atoms with Crippen LogP contribution >= 0.6 is 28.3 Å². The van der Waals surface area contributed by atoms with Gasteiger partial charge in [0.2, 0.25) is 0 Å². The van der Waals surface area contributed by atoms with Gasteiger partial charge in [0.15, 0.2) is 0 Å². The van der Waals surface area contributed by atoms with Crippen molar-refractivity contribution in [3.8, 4) is 0 Å². The summed E-state index contributed by atoms with van der Waals surface area (Å²) in [7, 11) is 0. The lowest BCUT2D eigenvalue weighted by atomic mass is 9.84. The van der Waals surface area contributed by atoms with Crippen molar-refractivity contribution in [2.75, 3.05) is 6.54 Å². The fourth-order valence-corrected chi connectivity index (χ4v) is 3.28. The highest BCUT2D eigenvalue weighted by molar-refractivity contribution is 9.10. The number of carbonyl (C=O) groups is 1. The number of halogens is 2. The van der Waals surface area contributed by atoms with Crippen molar-refractivity contribution in [3.05, 3.63) is 33.8 Å². The molecule has 2 atom stereocenters. The second-order valence-corrected chi connectivity index (χ2v) is 6.24. The zero-order valence-corrected chi connectivity index (χ0v) is 14.1. The van der Waals surface area contributed by atoms with Gasteiger partial charge in [0.25, 0.3) is 5.91 Å². The predicted octanol–water partition coefficient (Wildman–Crippen LogP) is 3.43. The van der Waals surface area contributed by atoms with Gasteiger partial charge in [-0.25, -0.2) is 0 Å². The van der Waals surface area contributed by atoms with E-state index in [1.165, 1.54) is 12.8 Å². The smallest absolute Gasteiger partial charge is 0.251 e. The van der Waals surface area contributed by atoms with Crippen LogP contribution in [-0.2, 0) is 0 Å². The van der Waals surface area contributed by atoms with Crippen molar-refractivity contribution in [2.45, 2.75) is 38.6 Å². The van der Waals surface area contributed by atoms with E-state index in [1.807, 2.05) is 25.1 Å². The highest BCUT2D eigenvalue weighted by Gasteiger charge is 2.25. The van der Waals surface area contributed by atoms with Crippen LogP contribution in [-0.4, -0.2) is 18.5 Å². The number of hydrogen-bond donors (Lipinski definition) is 2. The van der Waals surface area contributed by atoms with E-state index in [9.17, 15) is 4.79 Å². The topological polar surface area (TPSA) is 55.1 Å². The minimum atomic E-state index is 0. The van der Waals surface area contributed by atoms with Gasteiger partial charge in [0.1, 0.15) is 0 Å². The summed E-state index contributed by atoms with van der Waals surface area (Å²) in [6, 6.07) is 5.98. The summed E-state index contributed by atoms with van der Waals surface area (Å²) in [6.07, 6.45) is 4.58. The molecule has 0 aromatic heterocycles. The molecule has 0 spiro atoms. The van der Waals surface area contributed by atoms with Gasteiger partial charge < -0.3 is 11.1 Å². The molecule has 3 nitrogen and oxygen atoms in total. The molecule has 2 rings (SSSR count). The summed E-state index contributed by atoms with van der Waals surface area (Å²) < 4.78 is 0.999. The highest BCUT2D eigenvalue weighted by atomic mass is 79.9. The maximum Gasteiger partial charge on any atom is 0.251 e. The van der Waals surface area contributed by atoms with Gasteiger partial charge in [0, 0.05) is 16.1 Å². The average Bonchev–Trinajstić information content (AvgIpc) is 2.39. The number of nitrogens with one attached hydrogen (secondary N) is 1. The van der Waals surface area contributed by atoms with Gasteiger partial charge in [-0.15, -0.1) is 12.4 Å². The molecule has 1 fully saturated rings. The quantitative estimate of drug-likeness (QED) is 0.866. The number of benzene rings is 1. The van der Waals surface area contributed by atoms with Crippen molar-refractivity contribution in [1.29, 1.82) is 0 Å². The van der Waals surface area contributed by atoms with Crippen LogP contribution in [0.5, 0.6) is 0 Å². The standard InChI is InChI=1S/C15H21BrN2O.ClH/c1-10-8-12(16)6-7-13(10)15(19)18-14-5-3-2-4-11(14)9-17;/h6-8,11,14H,2-5,9,17H2,1H3,(H,18,19);1H. The molecule has 0 aliphatic heterocycles. The summed E-state index contributed by atoms with van der Waals surface area (Å²) >= 11 is 3.42. The number of rotatable bonds is 3. The molecule has 1 aromatic rings. The molecular weight excluding hydrogens is 340 g/mol. The Balaban J connectivity index is 0.00000200. The third-order valence-corrected chi connectivity index (χ3v) is 4.45. The van der Waals surface area contributed by atoms with Gasteiger partial charge in [-0.1, -0.05) is 28.8 Å². The van der Waals surface area contributed by atoms with Crippen LogP contribution < -0.4 is 11.1 Å². The van der Waals surface area contributed by atoms with E-state index in [4.69, 9.17) is 5.73 Å². The first-order valence-electron chi connectivity index (χ1n) is 6.89. The van der Waals surface area contributed by atoms with Crippen molar-refractivity contribution < 1.29 is 4.79 Å². The van der Waals surface area contributed by atoms with Crippen LogP contribution in [0.4, 0.5) is 0 Å². The second kappa shape index (κ2) is 8.01. The van der Waals surface area contributed by atoms with Gasteiger partial charge in [0.05, 0.1) is 0 Å². The monoisotopic (exact) mass is 360 g/mol. The minimum absolute atomic E-state index is 0. The Labute approximate surface area is 135 Å². The zero-order chi connectivity index (χ0) is 13.8. The minimum Gasteiger partial charge on any atom is -0.349 e. The van der Waals surface area contributed by atoms with Gasteiger partial charge in [-0.05, 0) is 56.0 Å². The lowest BCUT2D eigenvalue weighted by Crippen LogP contribution is -2.44. The normalized spacial score (nSPS) is 21.9. The number of carbonyl (C=O) groups excluding carboxylic acids is 1. The van der Waals surface area contributed by atoms with E-state index < -0.39 is 0 Å². The Morgan fingerprint density at radius 1 is 1.40 bits per heavy atom. The highest BCUT2D eigenvalue weighted by Crippen LogP contribution is 2.24. The third kappa shape index (κ3) is 4.21. The molecule has 1 amide bonds. The SMILES string of the molecule is Cc1cc(Br)ccc1C(=O)NC1CCCCC1CN.Cl. The molecule has 1 aliphatic carbocycles. The lowest BCUT2D eigenvalue weighted by molar-refractivity contribution is 0.0907. The average molecular weight is 362 g/mol. The molecule has 2 unspecified atom stereocenters. The van der Waals surface area contributed by atoms with Gasteiger partial charge >= 0.3 is 0 Å². The summed E-state index contributed by atoms with van der Waals surface area (Å²) in [5, 5.41) is 3.16. The maximum absolute atomic E-state index is 12.3.